The summed E-state index contributed by atoms with van der Waals surface area (Å²) < 4.78 is 6.66. The molecule has 0 aromatic heterocycles. The zero-order valence-corrected chi connectivity index (χ0v) is 24.3. The van der Waals surface area contributed by atoms with E-state index in [-0.39, 0.29) is 35.2 Å². The molecule has 2 bridgehead atoms. The Bertz CT molecular complexity index is 909. The second kappa shape index (κ2) is 12.6. The topological polar surface area (TPSA) is 90.4 Å². The van der Waals surface area contributed by atoms with Gasteiger partial charge in [-0.1, -0.05) is 60.2 Å². The Labute approximate surface area is 235 Å². The Morgan fingerprint density at radius 1 is 1.11 bits per heavy atom. The van der Waals surface area contributed by atoms with Gasteiger partial charge in [-0.15, -0.1) is 13.2 Å². The van der Waals surface area contributed by atoms with Crippen LogP contribution < -0.4 is 0 Å². The number of halogens is 1. The highest BCUT2D eigenvalue weighted by molar-refractivity contribution is 9.09. The normalized spacial score (nSPS) is 32.3. The van der Waals surface area contributed by atoms with Crippen LogP contribution in [0.1, 0.15) is 64.2 Å². The average Bonchev–Trinajstić information content (AvgIpc) is 3.50. The van der Waals surface area contributed by atoms with Gasteiger partial charge in [-0.05, 0) is 32.1 Å². The predicted octanol–water partition coefficient (Wildman–Crippen LogP) is 3.28. The number of carbonyl (C=O) groups excluding carboxylic acids is 3. The van der Waals surface area contributed by atoms with Crippen LogP contribution in [0.3, 0.4) is 0 Å². The Kier molecular flexibility index (Phi) is 9.74. The molecule has 4 fully saturated rings. The summed E-state index contributed by atoms with van der Waals surface area (Å²) in [5, 5.41) is 9.15. The molecule has 1 aliphatic carbocycles. The molecular formula is C29H44BrN3O5. The zero-order valence-electron chi connectivity index (χ0n) is 22.7. The van der Waals surface area contributed by atoms with Gasteiger partial charge in [0.15, 0.2) is 0 Å². The third-order valence-corrected chi connectivity index (χ3v) is 9.86. The van der Waals surface area contributed by atoms with Gasteiger partial charge in [-0.3, -0.25) is 14.4 Å². The average molecular weight is 595 g/mol. The number of aliphatic hydroxyl groups excluding tert-OH is 1. The summed E-state index contributed by atoms with van der Waals surface area (Å²) >= 11 is 3.76. The number of unbranched alkanes of at least 4 members (excludes halogenated alkanes) is 3. The highest BCUT2D eigenvalue weighted by Crippen LogP contribution is 2.60. The second-order valence-electron chi connectivity index (χ2n) is 11.4. The van der Waals surface area contributed by atoms with Gasteiger partial charge >= 0.3 is 0 Å². The van der Waals surface area contributed by atoms with Crippen molar-refractivity contribution in [3.8, 4) is 0 Å². The van der Waals surface area contributed by atoms with Gasteiger partial charge < -0.3 is 24.5 Å². The first-order valence-corrected chi connectivity index (χ1v) is 15.2. The van der Waals surface area contributed by atoms with E-state index in [9.17, 15) is 14.4 Å². The van der Waals surface area contributed by atoms with Crippen molar-refractivity contribution in [2.75, 3.05) is 33.3 Å². The summed E-state index contributed by atoms with van der Waals surface area (Å²) in [6.45, 7) is 9.08. The number of likely N-dealkylation sites (N-methyl/N-ethyl adjacent to an activating group) is 1. The molecule has 3 unspecified atom stereocenters. The fraction of sp³-hybridized carbons (Fsp3) is 0.759. The van der Waals surface area contributed by atoms with Crippen LogP contribution in [0.5, 0.6) is 0 Å². The number of hydrogen-bond acceptors (Lipinski definition) is 5. The first-order valence-electron chi connectivity index (χ1n) is 14.3. The Morgan fingerprint density at radius 3 is 2.45 bits per heavy atom. The van der Waals surface area contributed by atoms with E-state index in [1.54, 1.807) is 29.0 Å². The number of aliphatic hydroxyl groups is 1. The maximum Gasteiger partial charge on any atom is 0.248 e. The molecule has 4 rings (SSSR count). The third-order valence-electron chi connectivity index (χ3n) is 9.02. The summed E-state index contributed by atoms with van der Waals surface area (Å²) in [6, 6.07) is -0.631. The molecule has 212 valence electrons. The Hall–Kier alpha value is -1.71. The van der Waals surface area contributed by atoms with Gasteiger partial charge in [-0.25, -0.2) is 0 Å². The van der Waals surface area contributed by atoms with Gasteiger partial charge in [0.25, 0.3) is 0 Å². The molecule has 1 N–H and O–H groups in total. The smallest absolute Gasteiger partial charge is 0.248 e. The molecule has 38 heavy (non-hydrogen) atoms. The van der Waals surface area contributed by atoms with Crippen molar-refractivity contribution in [1.29, 1.82) is 0 Å². The monoisotopic (exact) mass is 593 g/mol. The van der Waals surface area contributed by atoms with E-state index in [4.69, 9.17) is 9.84 Å². The SMILES string of the molecule is C=CCN(C)C(=O)[C@H]1[C@H]2C(=O)N(CCCCCCO)C(C(=O)N(CC=C)C3CCCCC3)C23CC(Br)[C@@H]1O3. The largest absolute Gasteiger partial charge is 0.396 e. The van der Waals surface area contributed by atoms with Gasteiger partial charge in [0.1, 0.15) is 11.6 Å². The van der Waals surface area contributed by atoms with Crippen molar-refractivity contribution in [2.45, 2.75) is 92.8 Å². The molecule has 0 aromatic carbocycles. The van der Waals surface area contributed by atoms with Crippen molar-refractivity contribution in [3.63, 3.8) is 0 Å². The Morgan fingerprint density at radius 2 is 1.79 bits per heavy atom. The highest BCUT2D eigenvalue weighted by Gasteiger charge is 2.76. The van der Waals surface area contributed by atoms with E-state index in [2.05, 4.69) is 29.1 Å². The van der Waals surface area contributed by atoms with Crippen LogP contribution in [-0.4, -0.2) is 99.4 Å². The summed E-state index contributed by atoms with van der Waals surface area (Å²) in [4.78, 5) is 47.5. The van der Waals surface area contributed by atoms with Crippen LogP contribution in [-0.2, 0) is 19.1 Å². The van der Waals surface area contributed by atoms with E-state index >= 15 is 0 Å². The molecule has 8 nitrogen and oxygen atoms in total. The Balaban J connectivity index is 1.69. The lowest BCUT2D eigenvalue weighted by Crippen LogP contribution is -2.58. The third kappa shape index (κ3) is 5.22. The van der Waals surface area contributed by atoms with E-state index < -0.39 is 29.6 Å². The van der Waals surface area contributed by atoms with Crippen LogP contribution in [0.25, 0.3) is 0 Å². The number of ether oxygens (including phenoxy) is 1. The lowest BCUT2D eigenvalue weighted by Gasteiger charge is -2.41. The summed E-state index contributed by atoms with van der Waals surface area (Å²) in [5.74, 6) is -1.66. The molecule has 1 saturated carbocycles. The number of likely N-dealkylation sites (tertiary alicyclic amines) is 1. The number of nitrogens with zero attached hydrogens (tertiary/aromatic N) is 3. The molecule has 3 amide bonds. The quantitative estimate of drug-likeness (QED) is 0.201. The van der Waals surface area contributed by atoms with Gasteiger partial charge in [0, 0.05) is 44.2 Å². The molecule has 0 aromatic rings. The van der Waals surface area contributed by atoms with Crippen molar-refractivity contribution < 1.29 is 24.2 Å². The number of hydrogen-bond donors (Lipinski definition) is 1. The minimum atomic E-state index is -1.03. The molecule has 3 aliphatic heterocycles. The highest BCUT2D eigenvalue weighted by atomic mass is 79.9. The number of rotatable bonds is 13. The van der Waals surface area contributed by atoms with Crippen LogP contribution in [0.4, 0.5) is 0 Å². The van der Waals surface area contributed by atoms with Crippen LogP contribution in [0.2, 0.25) is 0 Å². The first-order chi connectivity index (χ1) is 18.3. The maximum absolute atomic E-state index is 14.5. The molecule has 3 saturated heterocycles. The second-order valence-corrected chi connectivity index (χ2v) is 12.6. The van der Waals surface area contributed by atoms with Gasteiger partial charge in [-0.2, -0.15) is 0 Å². The first kappa shape index (κ1) is 29.3. The van der Waals surface area contributed by atoms with E-state index in [1.165, 1.54) is 6.42 Å². The number of fused-ring (bicyclic) bond motifs is 1. The standard InChI is InChI=1S/C29H44BrN3O5/c1-4-15-31(3)26(35)22-23-27(36)33(17-11-6-7-12-18-34)25(29(23)19-21(30)24(22)38-29)28(37)32(16-5-2)20-13-9-8-10-14-20/h4-5,20-25,34H,1-2,6-19H2,3H3/t21?,22-,23-,24-,25?,29?/m0/s1. The van der Waals surface area contributed by atoms with Crippen molar-refractivity contribution in [1.82, 2.24) is 14.7 Å². The van der Waals surface area contributed by atoms with Gasteiger partial charge in [0.05, 0.1) is 17.9 Å². The van der Waals surface area contributed by atoms with Crippen molar-refractivity contribution in [2.24, 2.45) is 11.8 Å². The number of carbonyl (C=O) groups is 3. The molecule has 3 heterocycles. The van der Waals surface area contributed by atoms with Crippen LogP contribution in [0, 0.1) is 11.8 Å². The molecule has 9 heteroatoms. The molecular weight excluding hydrogens is 550 g/mol. The molecule has 4 aliphatic rings. The minimum Gasteiger partial charge on any atom is -0.396 e. The van der Waals surface area contributed by atoms with Crippen molar-refractivity contribution >= 4 is 33.7 Å². The van der Waals surface area contributed by atoms with Crippen molar-refractivity contribution in [3.05, 3.63) is 25.3 Å². The van der Waals surface area contributed by atoms with Gasteiger partial charge in [0.2, 0.25) is 17.7 Å². The van der Waals surface area contributed by atoms with E-state index in [1.807, 2.05) is 4.90 Å². The summed E-state index contributed by atoms with van der Waals surface area (Å²) in [5.41, 5.74) is -1.03. The lowest BCUT2D eigenvalue weighted by molar-refractivity contribution is -0.150. The van der Waals surface area contributed by atoms with E-state index in [0.29, 0.717) is 26.1 Å². The van der Waals surface area contributed by atoms with Crippen LogP contribution >= 0.6 is 15.9 Å². The number of amides is 3. The maximum atomic E-state index is 14.5. The van der Waals surface area contributed by atoms with E-state index in [0.717, 1.165) is 51.4 Å². The fourth-order valence-corrected chi connectivity index (χ4v) is 8.27. The zero-order chi connectivity index (χ0) is 27.4. The predicted molar refractivity (Wildman–Crippen MR) is 150 cm³/mol. The molecule has 6 atom stereocenters. The minimum absolute atomic E-state index is 0.0732. The fourth-order valence-electron chi connectivity index (χ4n) is 7.33. The molecule has 0 radical (unpaired) electrons. The summed E-state index contributed by atoms with van der Waals surface area (Å²) in [7, 11) is 1.72. The van der Waals surface area contributed by atoms with Crippen LogP contribution in [0.15, 0.2) is 25.3 Å². The molecule has 1 spiro atoms. The number of alkyl halides is 1. The summed E-state index contributed by atoms with van der Waals surface area (Å²) in [6.07, 6.45) is 12.0. The lowest BCUT2D eigenvalue weighted by atomic mass is 9.70.